The quantitative estimate of drug-likeness (QED) is 0.873. The van der Waals surface area contributed by atoms with Gasteiger partial charge in [0.2, 0.25) is 0 Å². The summed E-state index contributed by atoms with van der Waals surface area (Å²) in [5.74, 6) is -0.0429. The summed E-state index contributed by atoms with van der Waals surface area (Å²) in [6, 6.07) is 12.0. The third-order valence-electron chi connectivity index (χ3n) is 4.23. The normalized spacial score (nSPS) is 14.1. The van der Waals surface area contributed by atoms with Crippen LogP contribution in [0.4, 0.5) is 0 Å². The van der Waals surface area contributed by atoms with Crippen LogP contribution in [0, 0.1) is 11.3 Å². The van der Waals surface area contributed by atoms with E-state index in [2.05, 4.69) is 25.1 Å². The molecule has 22 heavy (non-hydrogen) atoms. The zero-order chi connectivity index (χ0) is 15.5. The molecule has 1 aliphatic rings. The Bertz CT molecular complexity index is 716. The minimum Gasteiger partial charge on any atom is -0.337 e. The van der Waals surface area contributed by atoms with Crippen LogP contribution in [-0.4, -0.2) is 28.5 Å². The van der Waals surface area contributed by atoms with Crippen LogP contribution in [-0.2, 0) is 6.42 Å². The van der Waals surface area contributed by atoms with E-state index in [1.165, 1.54) is 5.56 Å². The largest absolute Gasteiger partial charge is 0.337 e. The van der Waals surface area contributed by atoms with Crippen LogP contribution >= 0.6 is 0 Å². The molecule has 3 rings (SSSR count). The number of nitriles is 1. The van der Waals surface area contributed by atoms with Gasteiger partial charge in [-0.15, -0.1) is 0 Å². The molecule has 1 fully saturated rings. The first kappa shape index (κ1) is 14.4. The van der Waals surface area contributed by atoms with Gasteiger partial charge in [0.15, 0.2) is 0 Å². The van der Waals surface area contributed by atoms with E-state index < -0.39 is 0 Å². The Balaban J connectivity index is 2.02. The van der Waals surface area contributed by atoms with E-state index in [1.807, 2.05) is 27.8 Å². The first-order valence-corrected chi connectivity index (χ1v) is 7.74. The Morgan fingerprint density at radius 1 is 1.18 bits per heavy atom. The van der Waals surface area contributed by atoms with Gasteiger partial charge in [0.25, 0.3) is 5.91 Å². The highest BCUT2D eigenvalue weighted by Gasteiger charge is 2.25. The molecule has 0 atom stereocenters. The maximum Gasteiger partial charge on any atom is 0.272 e. The van der Waals surface area contributed by atoms with Gasteiger partial charge in [-0.25, -0.2) is 0 Å². The van der Waals surface area contributed by atoms with Crippen LogP contribution in [0.1, 0.15) is 41.4 Å². The maximum atomic E-state index is 12.8. The Morgan fingerprint density at radius 2 is 1.86 bits per heavy atom. The van der Waals surface area contributed by atoms with Crippen molar-refractivity contribution in [3.8, 4) is 11.8 Å². The Morgan fingerprint density at radius 3 is 2.45 bits per heavy atom. The van der Waals surface area contributed by atoms with E-state index in [0.29, 0.717) is 11.3 Å². The monoisotopic (exact) mass is 293 g/mol. The van der Waals surface area contributed by atoms with Crippen LogP contribution in [0.2, 0.25) is 0 Å². The van der Waals surface area contributed by atoms with E-state index in [-0.39, 0.29) is 5.91 Å². The topological polar surface area (TPSA) is 49.0 Å². The Hall–Kier alpha value is -2.54. The van der Waals surface area contributed by atoms with Gasteiger partial charge in [0.05, 0.1) is 5.56 Å². The van der Waals surface area contributed by atoms with Crippen molar-refractivity contribution >= 4 is 5.91 Å². The molecule has 0 spiro atoms. The molecule has 0 unspecified atom stereocenters. The molecule has 4 nitrogen and oxygen atoms in total. The highest BCUT2D eigenvalue weighted by molar-refractivity contribution is 5.96. The van der Waals surface area contributed by atoms with Crippen molar-refractivity contribution in [3.63, 3.8) is 0 Å². The Kier molecular flexibility index (Phi) is 3.97. The highest BCUT2D eigenvalue weighted by Crippen LogP contribution is 2.21. The molecule has 1 aromatic heterocycles. The molecule has 4 heteroatoms. The van der Waals surface area contributed by atoms with E-state index in [9.17, 15) is 10.1 Å². The van der Waals surface area contributed by atoms with Crippen LogP contribution < -0.4 is 0 Å². The number of nitrogens with zero attached hydrogens (tertiary/aromatic N) is 3. The van der Waals surface area contributed by atoms with Crippen molar-refractivity contribution in [2.75, 3.05) is 13.1 Å². The number of aryl methyl sites for hydroxylation is 1. The number of benzene rings is 1. The average molecular weight is 293 g/mol. The van der Waals surface area contributed by atoms with Gasteiger partial charge in [-0.2, -0.15) is 5.26 Å². The molecule has 1 aliphatic heterocycles. The lowest BCUT2D eigenvalue weighted by atomic mass is 10.1. The molecule has 0 bridgehead atoms. The molecular weight excluding hydrogens is 274 g/mol. The second-order valence-electron chi connectivity index (χ2n) is 5.58. The molecule has 0 saturated carbocycles. The fourth-order valence-corrected chi connectivity index (χ4v) is 2.92. The van der Waals surface area contributed by atoms with Crippen molar-refractivity contribution in [2.45, 2.75) is 26.2 Å². The summed E-state index contributed by atoms with van der Waals surface area (Å²) >= 11 is 0. The summed E-state index contributed by atoms with van der Waals surface area (Å²) in [6.07, 6.45) is 4.87. The minimum atomic E-state index is -0.0429. The van der Waals surface area contributed by atoms with Crippen molar-refractivity contribution < 1.29 is 4.79 Å². The predicted molar refractivity (Wildman–Crippen MR) is 85.0 cm³/mol. The van der Waals surface area contributed by atoms with E-state index in [4.69, 9.17) is 0 Å². The molecule has 0 aliphatic carbocycles. The molecule has 1 aromatic carbocycles. The number of hydrogen-bond donors (Lipinski definition) is 0. The number of amides is 1. The summed E-state index contributed by atoms with van der Waals surface area (Å²) in [7, 11) is 0. The van der Waals surface area contributed by atoms with Crippen LogP contribution in [0.3, 0.4) is 0 Å². The molecule has 1 amide bonds. The van der Waals surface area contributed by atoms with Gasteiger partial charge in [0.1, 0.15) is 11.8 Å². The second-order valence-corrected chi connectivity index (χ2v) is 5.58. The fraction of sp³-hybridized carbons (Fsp3) is 0.333. The fourth-order valence-electron chi connectivity index (χ4n) is 2.92. The molecule has 0 radical (unpaired) electrons. The summed E-state index contributed by atoms with van der Waals surface area (Å²) in [6.45, 7) is 3.67. The van der Waals surface area contributed by atoms with Gasteiger partial charge in [-0.1, -0.05) is 19.1 Å². The van der Waals surface area contributed by atoms with Gasteiger partial charge in [0, 0.05) is 25.0 Å². The lowest BCUT2D eigenvalue weighted by molar-refractivity contribution is 0.0784. The maximum absolute atomic E-state index is 12.8. The van der Waals surface area contributed by atoms with E-state index in [0.717, 1.165) is 38.0 Å². The smallest absolute Gasteiger partial charge is 0.272 e. The summed E-state index contributed by atoms with van der Waals surface area (Å²) in [5.41, 5.74) is 3.09. The summed E-state index contributed by atoms with van der Waals surface area (Å²) in [4.78, 5) is 14.6. The number of carbonyl (C=O) groups excluding carboxylic acids is 1. The zero-order valence-electron chi connectivity index (χ0n) is 12.7. The molecule has 1 saturated heterocycles. The third kappa shape index (κ3) is 2.50. The first-order valence-electron chi connectivity index (χ1n) is 7.74. The lowest BCUT2D eigenvalue weighted by Gasteiger charge is -2.17. The van der Waals surface area contributed by atoms with Crippen LogP contribution in [0.5, 0.6) is 0 Å². The second kappa shape index (κ2) is 6.07. The predicted octanol–water partition coefficient (Wildman–Crippen LogP) is 3.15. The van der Waals surface area contributed by atoms with Crippen LogP contribution in [0.15, 0.2) is 36.5 Å². The molecule has 112 valence electrons. The van der Waals surface area contributed by atoms with Gasteiger partial charge >= 0.3 is 0 Å². The van der Waals surface area contributed by atoms with Gasteiger partial charge in [-0.3, -0.25) is 4.79 Å². The van der Waals surface area contributed by atoms with Crippen LogP contribution in [0.25, 0.3) is 5.69 Å². The zero-order valence-corrected chi connectivity index (χ0v) is 12.7. The van der Waals surface area contributed by atoms with E-state index >= 15 is 0 Å². The van der Waals surface area contributed by atoms with Crippen molar-refractivity contribution in [2.24, 2.45) is 0 Å². The Labute approximate surface area is 130 Å². The van der Waals surface area contributed by atoms with Gasteiger partial charge in [-0.05, 0) is 43.0 Å². The molecular formula is C18H19N3O. The number of carbonyl (C=O) groups is 1. The standard InChI is InChI=1S/C18H19N3O/c1-2-14-5-7-16(8-6-14)21-12-9-15(13-19)17(21)18(22)20-10-3-4-11-20/h5-9,12H,2-4,10-11H2,1H3. The summed E-state index contributed by atoms with van der Waals surface area (Å²) in [5, 5.41) is 9.32. The first-order chi connectivity index (χ1) is 10.7. The van der Waals surface area contributed by atoms with Crippen molar-refractivity contribution in [3.05, 3.63) is 53.3 Å². The third-order valence-corrected chi connectivity index (χ3v) is 4.23. The van der Waals surface area contributed by atoms with Gasteiger partial charge < -0.3 is 9.47 Å². The summed E-state index contributed by atoms with van der Waals surface area (Å²) < 4.78 is 1.83. The number of rotatable bonds is 3. The number of hydrogen-bond acceptors (Lipinski definition) is 2. The number of aromatic nitrogens is 1. The van der Waals surface area contributed by atoms with Crippen molar-refractivity contribution in [1.29, 1.82) is 5.26 Å². The highest BCUT2D eigenvalue weighted by atomic mass is 16.2. The SMILES string of the molecule is CCc1ccc(-n2ccc(C#N)c2C(=O)N2CCCC2)cc1. The number of likely N-dealkylation sites (tertiary alicyclic amines) is 1. The van der Waals surface area contributed by atoms with Crippen molar-refractivity contribution in [1.82, 2.24) is 9.47 Å². The molecule has 2 aromatic rings. The minimum absolute atomic E-state index is 0.0429. The lowest BCUT2D eigenvalue weighted by Crippen LogP contribution is -2.30. The van der Waals surface area contributed by atoms with E-state index in [1.54, 1.807) is 6.07 Å². The average Bonchev–Trinajstić information content (AvgIpc) is 3.23. The molecule has 0 N–H and O–H groups in total. The molecule has 2 heterocycles.